The summed E-state index contributed by atoms with van der Waals surface area (Å²) < 4.78 is 0. The van der Waals surface area contributed by atoms with Crippen LogP contribution in [0.5, 0.6) is 0 Å². The van der Waals surface area contributed by atoms with Crippen LogP contribution >= 0.6 is 0 Å². The van der Waals surface area contributed by atoms with Gasteiger partial charge in [-0.1, -0.05) is 0 Å². The number of amides is 2. The van der Waals surface area contributed by atoms with Crippen LogP contribution in [0.2, 0.25) is 0 Å². The molecule has 90 valence electrons. The first kappa shape index (κ1) is 11.2. The minimum absolute atomic E-state index is 0.109. The van der Waals surface area contributed by atoms with E-state index in [0.717, 1.165) is 32.2 Å². The zero-order valence-corrected chi connectivity index (χ0v) is 9.39. The summed E-state index contributed by atoms with van der Waals surface area (Å²) in [5.41, 5.74) is 0. The number of likely N-dealkylation sites (tertiary alicyclic amines) is 2. The van der Waals surface area contributed by atoms with Crippen LogP contribution in [0.4, 0.5) is 4.79 Å². The fraction of sp³-hybridized carbons (Fsp3) is 0.818. The van der Waals surface area contributed by atoms with Gasteiger partial charge in [0.05, 0.1) is 0 Å². The Balaban J connectivity index is 1.97. The van der Waals surface area contributed by atoms with Gasteiger partial charge in [-0.15, -0.1) is 0 Å². The number of hydrogen-bond donors (Lipinski definition) is 1. The molecule has 2 aliphatic rings. The highest BCUT2D eigenvalue weighted by atomic mass is 16.4. The van der Waals surface area contributed by atoms with E-state index in [2.05, 4.69) is 0 Å². The maximum absolute atomic E-state index is 11.7. The lowest BCUT2D eigenvalue weighted by Crippen LogP contribution is -2.52. The first-order valence-electron chi connectivity index (χ1n) is 5.96. The zero-order valence-electron chi connectivity index (χ0n) is 9.39. The van der Waals surface area contributed by atoms with Crippen LogP contribution in [-0.2, 0) is 4.79 Å². The highest BCUT2D eigenvalue weighted by Gasteiger charge is 2.31. The third-order valence-corrected chi connectivity index (χ3v) is 3.47. The molecule has 2 aliphatic heterocycles. The SMILES string of the molecule is O=C(O)N1CCC[C@@H](N2CCCCC2=O)C1. The van der Waals surface area contributed by atoms with E-state index >= 15 is 0 Å². The fourth-order valence-electron chi connectivity index (χ4n) is 2.60. The molecule has 0 unspecified atom stereocenters. The van der Waals surface area contributed by atoms with Crippen molar-refractivity contribution in [1.29, 1.82) is 0 Å². The molecule has 0 aliphatic carbocycles. The lowest BCUT2D eigenvalue weighted by atomic mass is 10.0. The molecule has 2 fully saturated rings. The van der Waals surface area contributed by atoms with Gasteiger partial charge < -0.3 is 14.9 Å². The Morgan fingerprint density at radius 2 is 2.06 bits per heavy atom. The molecule has 5 heteroatoms. The van der Waals surface area contributed by atoms with Crippen molar-refractivity contribution in [2.75, 3.05) is 19.6 Å². The summed E-state index contributed by atoms with van der Waals surface area (Å²) in [4.78, 5) is 25.9. The van der Waals surface area contributed by atoms with Crippen LogP contribution in [0.15, 0.2) is 0 Å². The van der Waals surface area contributed by atoms with Gasteiger partial charge in [-0.05, 0) is 25.7 Å². The number of nitrogens with zero attached hydrogens (tertiary/aromatic N) is 2. The quantitative estimate of drug-likeness (QED) is 0.729. The predicted octanol–water partition coefficient (Wildman–Crippen LogP) is 1.14. The molecule has 2 amide bonds. The Hall–Kier alpha value is -1.26. The van der Waals surface area contributed by atoms with E-state index in [0.29, 0.717) is 19.5 Å². The van der Waals surface area contributed by atoms with Crippen LogP contribution in [0.25, 0.3) is 0 Å². The minimum atomic E-state index is -0.867. The summed E-state index contributed by atoms with van der Waals surface area (Å²) in [6.45, 7) is 1.89. The summed E-state index contributed by atoms with van der Waals surface area (Å²) in [6.07, 6.45) is 3.59. The van der Waals surface area contributed by atoms with Crippen LogP contribution in [0.3, 0.4) is 0 Å². The number of piperidine rings is 2. The monoisotopic (exact) mass is 226 g/mol. The van der Waals surface area contributed by atoms with Crippen LogP contribution < -0.4 is 0 Å². The summed E-state index contributed by atoms with van der Waals surface area (Å²) in [5.74, 6) is 0.198. The fourth-order valence-corrected chi connectivity index (χ4v) is 2.60. The number of carbonyl (C=O) groups is 2. The molecule has 0 saturated carbocycles. The van der Waals surface area contributed by atoms with Gasteiger partial charge in [-0.2, -0.15) is 0 Å². The van der Waals surface area contributed by atoms with Gasteiger partial charge in [0.1, 0.15) is 0 Å². The number of carboxylic acid groups (broad SMARTS) is 1. The smallest absolute Gasteiger partial charge is 0.407 e. The van der Waals surface area contributed by atoms with E-state index in [4.69, 9.17) is 5.11 Å². The van der Waals surface area contributed by atoms with Crippen LogP contribution in [0.1, 0.15) is 32.1 Å². The molecule has 16 heavy (non-hydrogen) atoms. The second kappa shape index (κ2) is 4.72. The molecular formula is C11H18N2O3. The van der Waals surface area contributed by atoms with Gasteiger partial charge in [0.15, 0.2) is 0 Å². The first-order valence-corrected chi connectivity index (χ1v) is 5.96. The van der Waals surface area contributed by atoms with E-state index in [1.165, 1.54) is 4.90 Å². The third-order valence-electron chi connectivity index (χ3n) is 3.47. The highest BCUT2D eigenvalue weighted by Crippen LogP contribution is 2.21. The third kappa shape index (κ3) is 2.28. The average molecular weight is 226 g/mol. The summed E-state index contributed by atoms with van der Waals surface area (Å²) in [7, 11) is 0. The normalized spacial score (nSPS) is 27.0. The van der Waals surface area contributed by atoms with Crippen molar-refractivity contribution < 1.29 is 14.7 Å². The van der Waals surface area contributed by atoms with Crippen molar-refractivity contribution in [2.24, 2.45) is 0 Å². The van der Waals surface area contributed by atoms with Crippen molar-refractivity contribution in [1.82, 2.24) is 9.80 Å². The zero-order chi connectivity index (χ0) is 11.5. The van der Waals surface area contributed by atoms with Gasteiger partial charge in [-0.25, -0.2) is 4.79 Å². The molecule has 0 aromatic carbocycles. The van der Waals surface area contributed by atoms with E-state index in [-0.39, 0.29) is 11.9 Å². The lowest BCUT2D eigenvalue weighted by Gasteiger charge is -2.40. The molecule has 0 aromatic rings. The Labute approximate surface area is 95.0 Å². The molecular weight excluding hydrogens is 208 g/mol. The Bertz CT molecular complexity index is 293. The average Bonchev–Trinajstić information content (AvgIpc) is 2.30. The Morgan fingerprint density at radius 1 is 1.25 bits per heavy atom. The molecule has 0 spiro atoms. The molecule has 0 radical (unpaired) electrons. The second-order valence-corrected chi connectivity index (χ2v) is 4.57. The number of hydrogen-bond acceptors (Lipinski definition) is 2. The summed E-state index contributed by atoms with van der Waals surface area (Å²) >= 11 is 0. The molecule has 0 bridgehead atoms. The van der Waals surface area contributed by atoms with Crippen molar-refractivity contribution >= 4 is 12.0 Å². The second-order valence-electron chi connectivity index (χ2n) is 4.57. The molecule has 5 nitrogen and oxygen atoms in total. The van der Waals surface area contributed by atoms with E-state index in [1.807, 2.05) is 4.90 Å². The summed E-state index contributed by atoms with van der Waals surface area (Å²) in [5, 5.41) is 8.94. The molecule has 2 heterocycles. The maximum atomic E-state index is 11.7. The van der Waals surface area contributed by atoms with Gasteiger partial charge in [0, 0.05) is 32.1 Å². The number of rotatable bonds is 1. The first-order chi connectivity index (χ1) is 7.68. The standard InChI is InChI=1S/C11H18N2O3/c14-10-5-1-2-7-13(10)9-4-3-6-12(8-9)11(15)16/h9H,1-8H2,(H,15,16)/t9-/m1/s1. The maximum Gasteiger partial charge on any atom is 0.407 e. The molecule has 2 saturated heterocycles. The topological polar surface area (TPSA) is 60.9 Å². The van der Waals surface area contributed by atoms with Crippen LogP contribution in [0, 0.1) is 0 Å². The van der Waals surface area contributed by atoms with Gasteiger partial charge in [0.25, 0.3) is 0 Å². The molecule has 1 N–H and O–H groups in total. The largest absolute Gasteiger partial charge is 0.465 e. The van der Waals surface area contributed by atoms with E-state index in [1.54, 1.807) is 0 Å². The predicted molar refractivity (Wildman–Crippen MR) is 58.2 cm³/mol. The van der Waals surface area contributed by atoms with Gasteiger partial charge in [-0.3, -0.25) is 4.79 Å². The summed E-state index contributed by atoms with van der Waals surface area (Å²) in [6, 6.07) is 0.109. The lowest BCUT2D eigenvalue weighted by molar-refractivity contribution is -0.136. The van der Waals surface area contributed by atoms with Crippen molar-refractivity contribution in [2.45, 2.75) is 38.1 Å². The Morgan fingerprint density at radius 3 is 2.75 bits per heavy atom. The molecule has 2 rings (SSSR count). The van der Waals surface area contributed by atoms with Crippen molar-refractivity contribution in [3.63, 3.8) is 0 Å². The highest BCUT2D eigenvalue weighted by molar-refractivity contribution is 5.77. The minimum Gasteiger partial charge on any atom is -0.465 e. The molecule has 0 aromatic heterocycles. The van der Waals surface area contributed by atoms with Crippen molar-refractivity contribution in [3.8, 4) is 0 Å². The Kier molecular flexibility index (Phi) is 3.31. The molecule has 1 atom stereocenters. The van der Waals surface area contributed by atoms with E-state index in [9.17, 15) is 9.59 Å². The van der Waals surface area contributed by atoms with Crippen LogP contribution in [-0.4, -0.2) is 52.6 Å². The van der Waals surface area contributed by atoms with Crippen molar-refractivity contribution in [3.05, 3.63) is 0 Å². The van der Waals surface area contributed by atoms with E-state index < -0.39 is 6.09 Å². The van der Waals surface area contributed by atoms with Gasteiger partial charge >= 0.3 is 6.09 Å². The number of carbonyl (C=O) groups excluding carboxylic acids is 1. The van der Waals surface area contributed by atoms with Gasteiger partial charge in [0.2, 0.25) is 5.91 Å².